The molecular weight excluding hydrogens is 528 g/mol. The highest BCUT2D eigenvalue weighted by atomic mass is 19.4. The lowest BCUT2D eigenvalue weighted by atomic mass is 9.80. The lowest BCUT2D eigenvalue weighted by Crippen LogP contribution is -2.54. The summed E-state index contributed by atoms with van der Waals surface area (Å²) in [4.78, 5) is 0. The molecule has 0 saturated heterocycles. The second-order valence-electron chi connectivity index (χ2n) is 7.70. The fourth-order valence-electron chi connectivity index (χ4n) is 3.98. The normalized spacial score (nSPS) is 14.6. The number of aliphatic hydroxyl groups is 2. The second kappa shape index (κ2) is 7.68. The largest absolute Gasteiger partial charge is 0.430 e. The van der Waals surface area contributed by atoms with E-state index in [0.29, 0.717) is 12.1 Å². The third kappa shape index (κ3) is 3.48. The Hall–Kier alpha value is -3.14. The van der Waals surface area contributed by atoms with Gasteiger partial charge >= 0.3 is 24.7 Å². The molecule has 6 N–H and O–H groups in total. The van der Waals surface area contributed by atoms with Gasteiger partial charge in [-0.15, -0.1) is 0 Å². The Morgan fingerprint density at radius 3 is 1.36 bits per heavy atom. The summed E-state index contributed by atoms with van der Waals surface area (Å²) in [5, 5.41) is 14.9. The summed E-state index contributed by atoms with van der Waals surface area (Å²) in [5.74, 6) is 0. The molecule has 0 amide bonds. The number of nitrogen functional groups attached to an aromatic ring is 2. The third-order valence-corrected chi connectivity index (χ3v) is 5.63. The quantitative estimate of drug-likeness (QED) is 0.188. The van der Waals surface area contributed by atoms with E-state index < -0.39 is 80.0 Å². The minimum absolute atomic E-state index is 0.0733. The Morgan fingerprint density at radius 1 is 0.528 bits per heavy atom. The van der Waals surface area contributed by atoms with Crippen molar-refractivity contribution < 1.29 is 62.9 Å². The van der Waals surface area contributed by atoms with E-state index in [4.69, 9.17) is 11.5 Å². The van der Waals surface area contributed by atoms with Gasteiger partial charge < -0.3 is 21.7 Å². The van der Waals surface area contributed by atoms with Crippen molar-refractivity contribution in [3.63, 3.8) is 0 Å². The van der Waals surface area contributed by atoms with Gasteiger partial charge in [0.15, 0.2) is 0 Å². The molecule has 198 valence electrons. The van der Waals surface area contributed by atoms with Gasteiger partial charge in [0.05, 0.1) is 0 Å². The number of halogens is 12. The van der Waals surface area contributed by atoms with Crippen LogP contribution in [0.5, 0.6) is 0 Å². The van der Waals surface area contributed by atoms with Gasteiger partial charge in [0, 0.05) is 33.3 Å². The van der Waals surface area contributed by atoms with Gasteiger partial charge in [-0.2, -0.15) is 52.7 Å². The average Bonchev–Trinajstić information content (AvgIpc) is 2.69. The van der Waals surface area contributed by atoms with Gasteiger partial charge in [0.2, 0.25) is 0 Å². The smallest absolute Gasteiger partial charge is 0.398 e. The van der Waals surface area contributed by atoms with E-state index in [1.807, 2.05) is 0 Å². The number of anilines is 2. The van der Waals surface area contributed by atoms with E-state index >= 15 is 0 Å². The molecule has 0 spiro atoms. The van der Waals surface area contributed by atoms with Crippen molar-refractivity contribution >= 4 is 32.9 Å². The van der Waals surface area contributed by atoms with Gasteiger partial charge in [-0.25, -0.2) is 0 Å². The fraction of sp³-hybridized carbons (Fsp3) is 0.300. The standard InChI is InChI=1S/C20H12F12N2O2/c21-17(22,23)15(35,18(24,25)26)9-5-6-10(33)12-11(9)7-3-1-2-4-8(7)13(14(12)34)16(36,19(27,28)29)20(30,31)32/h1-6,35-36H,33-34H2. The van der Waals surface area contributed by atoms with Crippen LogP contribution in [-0.2, 0) is 11.2 Å². The van der Waals surface area contributed by atoms with Crippen LogP contribution in [-0.4, -0.2) is 34.9 Å². The van der Waals surface area contributed by atoms with Crippen molar-refractivity contribution in [3.8, 4) is 0 Å². The zero-order valence-electron chi connectivity index (χ0n) is 17.0. The summed E-state index contributed by atoms with van der Waals surface area (Å²) in [6, 6.07) is 3.09. The molecule has 36 heavy (non-hydrogen) atoms. The van der Waals surface area contributed by atoms with Gasteiger partial charge in [-0.1, -0.05) is 30.3 Å². The van der Waals surface area contributed by atoms with Crippen molar-refractivity contribution in [1.29, 1.82) is 0 Å². The Bertz CT molecular complexity index is 1310. The van der Waals surface area contributed by atoms with Crippen LogP contribution in [0.25, 0.3) is 21.5 Å². The first-order valence-corrected chi connectivity index (χ1v) is 9.28. The average molecular weight is 540 g/mol. The van der Waals surface area contributed by atoms with Crippen molar-refractivity contribution in [1.82, 2.24) is 0 Å². The van der Waals surface area contributed by atoms with E-state index in [-0.39, 0.29) is 12.1 Å². The molecule has 0 radical (unpaired) electrons. The van der Waals surface area contributed by atoms with Crippen LogP contribution in [0.15, 0.2) is 36.4 Å². The lowest BCUT2D eigenvalue weighted by Gasteiger charge is -2.36. The first kappa shape index (κ1) is 27.4. The van der Waals surface area contributed by atoms with Crippen molar-refractivity contribution in [2.45, 2.75) is 35.9 Å². The highest BCUT2D eigenvalue weighted by Crippen LogP contribution is 2.58. The summed E-state index contributed by atoms with van der Waals surface area (Å²) in [6.07, 6.45) is -26.0. The molecule has 0 aliphatic carbocycles. The number of benzene rings is 3. The third-order valence-electron chi connectivity index (χ3n) is 5.63. The molecule has 0 fully saturated rings. The molecule has 0 aromatic heterocycles. The number of nitrogens with two attached hydrogens (primary N) is 2. The number of hydrogen-bond acceptors (Lipinski definition) is 4. The van der Waals surface area contributed by atoms with E-state index in [2.05, 4.69) is 0 Å². The first-order chi connectivity index (χ1) is 16.0. The van der Waals surface area contributed by atoms with Crippen molar-refractivity contribution in [2.75, 3.05) is 11.5 Å². The van der Waals surface area contributed by atoms with Crippen molar-refractivity contribution in [3.05, 3.63) is 47.5 Å². The van der Waals surface area contributed by atoms with Crippen LogP contribution >= 0.6 is 0 Å². The maximum absolute atomic E-state index is 13.7. The van der Waals surface area contributed by atoms with Crippen LogP contribution < -0.4 is 11.5 Å². The predicted molar refractivity (Wildman–Crippen MR) is 102 cm³/mol. The molecular formula is C20H12F12N2O2. The molecule has 0 atom stereocenters. The molecule has 0 saturated carbocycles. The summed E-state index contributed by atoms with van der Waals surface area (Å²) in [7, 11) is 0. The van der Waals surface area contributed by atoms with Gasteiger partial charge in [-0.3, -0.25) is 0 Å². The SMILES string of the molecule is Nc1ccc(C(O)(C(F)(F)F)C(F)(F)F)c2c1c(N)c(C(O)(C(F)(F)F)C(F)(F)F)c1ccccc12. The molecule has 16 heteroatoms. The van der Waals surface area contributed by atoms with Crippen LogP contribution in [0.4, 0.5) is 64.1 Å². The lowest BCUT2D eigenvalue weighted by molar-refractivity contribution is -0.376. The maximum Gasteiger partial charge on any atom is 0.430 e. The van der Waals surface area contributed by atoms with Crippen LogP contribution in [0.3, 0.4) is 0 Å². The highest BCUT2D eigenvalue weighted by molar-refractivity contribution is 6.20. The zero-order chi connectivity index (χ0) is 27.9. The molecule has 0 heterocycles. The molecule has 0 bridgehead atoms. The summed E-state index contributed by atoms with van der Waals surface area (Å²) < 4.78 is 164. The number of fused-ring (bicyclic) bond motifs is 3. The molecule has 3 aromatic carbocycles. The monoisotopic (exact) mass is 540 g/mol. The van der Waals surface area contributed by atoms with E-state index in [0.717, 1.165) is 12.1 Å². The highest BCUT2D eigenvalue weighted by Gasteiger charge is 2.74. The Balaban J connectivity index is 2.75. The Kier molecular flexibility index (Phi) is 5.85. The van der Waals surface area contributed by atoms with Crippen LogP contribution in [0.2, 0.25) is 0 Å². The number of alkyl halides is 12. The van der Waals surface area contributed by atoms with E-state index in [9.17, 15) is 62.9 Å². The van der Waals surface area contributed by atoms with Crippen LogP contribution in [0, 0.1) is 0 Å². The first-order valence-electron chi connectivity index (χ1n) is 9.28. The molecule has 0 aliphatic heterocycles. The minimum atomic E-state index is -6.51. The van der Waals surface area contributed by atoms with Gasteiger partial charge in [0.1, 0.15) is 0 Å². The molecule has 0 unspecified atom stereocenters. The molecule has 0 aliphatic rings. The van der Waals surface area contributed by atoms with Gasteiger partial charge in [-0.05, 0) is 16.8 Å². The summed E-state index contributed by atoms with van der Waals surface area (Å²) in [6.45, 7) is 0. The van der Waals surface area contributed by atoms with E-state index in [1.165, 1.54) is 0 Å². The van der Waals surface area contributed by atoms with Crippen molar-refractivity contribution in [2.24, 2.45) is 0 Å². The molecule has 3 rings (SSSR count). The maximum atomic E-state index is 13.7. The second-order valence-corrected chi connectivity index (χ2v) is 7.70. The molecule has 4 nitrogen and oxygen atoms in total. The topological polar surface area (TPSA) is 92.5 Å². The number of hydrogen-bond donors (Lipinski definition) is 4. The zero-order valence-corrected chi connectivity index (χ0v) is 17.0. The fourth-order valence-corrected chi connectivity index (χ4v) is 3.98. The summed E-state index contributed by atoms with van der Waals surface area (Å²) >= 11 is 0. The van der Waals surface area contributed by atoms with E-state index in [1.54, 1.807) is 0 Å². The Labute approximate surface area is 191 Å². The van der Waals surface area contributed by atoms with Crippen LogP contribution in [0.1, 0.15) is 11.1 Å². The Morgan fingerprint density at radius 2 is 0.944 bits per heavy atom. The van der Waals surface area contributed by atoms with Gasteiger partial charge in [0.25, 0.3) is 11.2 Å². The molecule has 3 aromatic rings. The minimum Gasteiger partial charge on any atom is -0.398 e. The number of rotatable bonds is 2. The summed E-state index contributed by atoms with van der Waals surface area (Å²) in [5.41, 5.74) is -7.07. The predicted octanol–water partition coefficient (Wildman–Crippen LogP) is 5.78.